The first-order valence-electron chi connectivity index (χ1n) is 40.1. The number of ketones is 4. The molecule has 4 aromatic carbocycles. The van der Waals surface area contributed by atoms with Crippen molar-refractivity contribution in [1.29, 1.82) is 0 Å². The topological polar surface area (TPSA) is 606 Å². The Bertz CT molecular complexity index is 6130. The maximum atomic E-state index is 13.4. The lowest BCUT2D eigenvalue weighted by Gasteiger charge is -2.22. The maximum Gasteiger partial charge on any atom is 0.356 e. The highest BCUT2D eigenvalue weighted by atomic mass is 31.2. The van der Waals surface area contributed by atoms with Crippen LogP contribution in [-0.4, -0.2) is 179 Å². The van der Waals surface area contributed by atoms with Crippen molar-refractivity contribution in [1.82, 2.24) is 78.1 Å². The Morgan fingerprint density at radius 2 is 0.680 bits per heavy atom. The van der Waals surface area contributed by atoms with Gasteiger partial charge in [0.05, 0.1) is 78.2 Å². The highest BCUT2D eigenvalue weighted by Crippen LogP contribution is 2.52. The Labute approximate surface area is 730 Å². The Balaban J connectivity index is 0.000000178. The van der Waals surface area contributed by atoms with Gasteiger partial charge in [0.25, 0.3) is 22.2 Å². The minimum absolute atomic E-state index is 0.0139. The van der Waals surface area contributed by atoms with E-state index in [1.54, 1.807) is 25.2 Å². The van der Waals surface area contributed by atoms with E-state index >= 15 is 0 Å². The number of allylic oxidation sites excluding steroid dienone is 1. The van der Waals surface area contributed by atoms with Gasteiger partial charge < -0.3 is 78.2 Å². The summed E-state index contributed by atoms with van der Waals surface area (Å²) in [6.45, 7) is 6.98. The van der Waals surface area contributed by atoms with Gasteiger partial charge in [-0.05, 0) is 42.0 Å². The number of benzene rings is 4. The third-order valence-electron chi connectivity index (χ3n) is 18.5. The molecule has 684 valence electrons. The molecule has 48 heteroatoms. The number of imidazole rings is 4. The second-order valence-electron chi connectivity index (χ2n) is 28.4. The van der Waals surface area contributed by atoms with Crippen molar-refractivity contribution < 1.29 is 92.6 Å². The number of rotatable bonds is 48. The smallest absolute Gasteiger partial charge is 0.356 e. The summed E-state index contributed by atoms with van der Waals surface area (Å²) >= 11 is 0. The molecule has 0 amide bonds. The summed E-state index contributed by atoms with van der Waals surface area (Å²) in [5, 5.41) is 0. The molecule has 0 spiro atoms. The van der Waals surface area contributed by atoms with E-state index in [9.17, 15) is 56.6 Å². The second kappa shape index (κ2) is 49.0. The van der Waals surface area contributed by atoms with Crippen LogP contribution in [0.4, 0.5) is 23.8 Å². The van der Waals surface area contributed by atoms with Gasteiger partial charge in [-0.2, -0.15) is 19.9 Å². The summed E-state index contributed by atoms with van der Waals surface area (Å²) < 4.78 is 125. The van der Waals surface area contributed by atoms with E-state index < -0.39 is 52.6 Å². The molecular weight excluding hydrogens is 1750 g/mol. The molecule has 12 aromatic rings. The molecule has 1 fully saturated rings. The standard InChI is InChI=1S/C23H30N5O6P.C20H24N5O6P.C19H24N5O6P.C18H22N5O6P/c24-23-26-21-20(22(30)27-23)25-15-28(21)11-12-32-16-35(31,33-13-17-7-3-1-4-8-17)34-14-19(29)18-9-5-2-6-10-18;1-2-6-16(26)12-31-32(28,30-11-15-7-4-3-5-8-15)14-29-10-9-25-13-22-17-18(25)23-20(21)24-19(17)27;1-2-15(25)11-30-31(27,29-10-14-6-4-3-5-7-14)13-28-9-8-24-12-21-16-17(24)22-19(20)23-18(16)26;1-13(24)9-28-30(26,29-10-14-5-3-2-4-6-14)12-27-8-7-23-11-20-15-16(23)21-18(19)22-17(15)25/h1,3-4,7-8,15,18H,2,5-6,9-14,16H2,(H3,24,26,27,30);2-5,7-8,13H,1,6,9-12,14H2,(H3,21,23,24,27);3-7,12H,2,8-11,13H2,1H3,(H3,20,22,23,26);2-6,11H,7-10,12H2,1H3,(H3,19,21,22,25). The second-order valence-corrected chi connectivity index (χ2v) is 36.4. The molecule has 0 radical (unpaired) electrons. The third-order valence-corrected chi connectivity index (χ3v) is 24.7. The summed E-state index contributed by atoms with van der Waals surface area (Å²) in [7, 11) is -14.8. The van der Waals surface area contributed by atoms with Crippen molar-refractivity contribution in [2.75, 3.05) is 101 Å². The summed E-state index contributed by atoms with van der Waals surface area (Å²) in [6, 6.07) is 36.8. The average Bonchev–Trinajstić information content (AvgIpc) is 1.67. The van der Waals surface area contributed by atoms with Crippen molar-refractivity contribution in [3.63, 3.8) is 0 Å². The average molecular weight is 1850 g/mol. The number of carbonyl (C=O) groups is 4. The van der Waals surface area contributed by atoms with Crippen molar-refractivity contribution in [3.8, 4) is 0 Å². The lowest BCUT2D eigenvalue weighted by Crippen LogP contribution is -2.22. The minimum Gasteiger partial charge on any atom is -0.369 e. The van der Waals surface area contributed by atoms with Crippen LogP contribution >= 0.6 is 30.4 Å². The van der Waals surface area contributed by atoms with Gasteiger partial charge >= 0.3 is 30.4 Å². The Hall–Kier alpha value is -11.7. The molecule has 8 aromatic heterocycles. The first-order chi connectivity index (χ1) is 61.6. The van der Waals surface area contributed by atoms with Crippen molar-refractivity contribution >= 4 is 122 Å². The zero-order valence-corrected chi connectivity index (χ0v) is 73.7. The van der Waals surface area contributed by atoms with Crippen LogP contribution in [0.3, 0.4) is 0 Å². The van der Waals surface area contributed by atoms with Gasteiger partial charge in [-0.15, -0.1) is 6.58 Å². The quantitative estimate of drug-likeness (QED) is 0.00999. The number of hydrogen-bond acceptors (Lipinski definition) is 36. The number of Topliss-reactive ketones (excluding diaryl/α,β-unsaturated/α-hetero) is 4. The predicted octanol–water partition coefficient (Wildman–Crippen LogP) is 9.27. The molecule has 0 aliphatic heterocycles. The van der Waals surface area contributed by atoms with Crippen LogP contribution in [0.5, 0.6) is 0 Å². The van der Waals surface area contributed by atoms with Crippen LogP contribution in [0, 0.1) is 5.92 Å². The van der Waals surface area contributed by atoms with Gasteiger partial charge in [0.1, 0.15) is 51.8 Å². The number of nitrogens with two attached hydrogens (primary N) is 4. The number of nitrogens with one attached hydrogen (secondary N) is 4. The molecule has 44 nitrogen and oxygen atoms in total. The highest BCUT2D eigenvalue weighted by molar-refractivity contribution is 7.54. The van der Waals surface area contributed by atoms with Crippen LogP contribution in [-0.2, 0) is 145 Å². The van der Waals surface area contributed by atoms with Crippen LogP contribution in [0.15, 0.2) is 178 Å². The van der Waals surface area contributed by atoms with E-state index in [4.69, 9.17) is 78.1 Å². The van der Waals surface area contributed by atoms with Crippen LogP contribution in [0.25, 0.3) is 44.7 Å². The number of H-pyrrole nitrogens is 4. The van der Waals surface area contributed by atoms with E-state index in [-0.39, 0.29) is 219 Å². The van der Waals surface area contributed by atoms with Gasteiger partial charge in [-0.25, -0.2) is 19.9 Å². The van der Waals surface area contributed by atoms with Gasteiger partial charge in [-0.1, -0.05) is 154 Å². The van der Waals surface area contributed by atoms with Crippen molar-refractivity contribution in [2.24, 2.45) is 5.92 Å². The number of aromatic nitrogens is 16. The first-order valence-corrected chi connectivity index (χ1v) is 47.0. The SMILES string of the molecule is C=CCC(=O)COP(=O)(COCCn1cnc2c(=O)[nH]c(N)nc21)OCc1ccccc1.CC(=O)COP(=O)(COCCn1cnc2c(=O)[nH]c(N)nc21)OCc1ccccc1.CCC(=O)COP(=O)(COCCn1cnc2c(=O)[nH]c(N)nc21)OCc1ccccc1.Nc1nc2c(ncn2CCOCP(=O)(OCC(=O)C2CCCCC2)OCc2ccccc2)c(=O)[nH]1. The molecule has 4 atom stereocenters. The molecule has 1 aliphatic carbocycles. The third kappa shape index (κ3) is 31.1. The molecule has 4 unspecified atom stereocenters. The highest BCUT2D eigenvalue weighted by Gasteiger charge is 2.32. The number of ether oxygens (including phenoxy) is 4. The number of anilines is 4. The van der Waals surface area contributed by atoms with E-state index in [2.05, 4.69) is 66.4 Å². The Morgan fingerprint density at radius 1 is 0.406 bits per heavy atom. The fraction of sp³-hybridized carbons (Fsp3) is 0.375. The zero-order valence-electron chi connectivity index (χ0n) is 70.1. The summed E-state index contributed by atoms with van der Waals surface area (Å²) in [4.78, 5) is 136. The molecule has 1 saturated carbocycles. The van der Waals surface area contributed by atoms with Crippen LogP contribution < -0.4 is 45.2 Å². The molecule has 8 heterocycles. The predicted molar refractivity (Wildman–Crippen MR) is 470 cm³/mol. The minimum atomic E-state index is -3.73. The number of hydrogen-bond donors (Lipinski definition) is 8. The normalized spacial score (nSPS) is 14.1. The Kier molecular flexibility index (Phi) is 37.7. The monoisotopic (exact) mass is 1850 g/mol. The lowest BCUT2D eigenvalue weighted by molar-refractivity contribution is -0.126. The van der Waals surface area contributed by atoms with E-state index in [0.29, 0.717) is 22.6 Å². The molecule has 12 N–H and O–H groups in total. The molecule has 0 bridgehead atoms. The van der Waals surface area contributed by atoms with Gasteiger partial charge in [0, 0.05) is 44.9 Å². The van der Waals surface area contributed by atoms with E-state index in [1.807, 2.05) is 121 Å². The van der Waals surface area contributed by atoms with Crippen LogP contribution in [0.1, 0.15) is 81.0 Å². The molecule has 1 aliphatic rings. The zero-order chi connectivity index (χ0) is 91.5. The van der Waals surface area contributed by atoms with Gasteiger partial charge in [-0.3, -0.25) is 94.6 Å². The maximum absolute atomic E-state index is 13.4. The van der Waals surface area contributed by atoms with Crippen molar-refractivity contribution in [2.45, 2.75) is 111 Å². The summed E-state index contributed by atoms with van der Waals surface area (Å²) in [5.74, 6) is -0.931. The number of fused-ring (bicyclic) bond motifs is 4. The molecule has 0 saturated heterocycles. The summed E-state index contributed by atoms with van der Waals surface area (Å²) in [6.07, 6.45) is 11.1. The van der Waals surface area contributed by atoms with Crippen LogP contribution in [0.2, 0.25) is 0 Å². The first kappa shape index (κ1) is 98.5. The van der Waals surface area contributed by atoms with E-state index in [0.717, 1.165) is 54.4 Å². The number of carbonyl (C=O) groups excluding carboxylic acids is 4. The fourth-order valence-corrected chi connectivity index (χ4v) is 17.0. The van der Waals surface area contributed by atoms with E-state index in [1.165, 1.54) is 38.3 Å². The molecule has 128 heavy (non-hydrogen) atoms. The fourth-order valence-electron chi connectivity index (χ4n) is 11.9. The van der Waals surface area contributed by atoms with Gasteiger partial charge in [0.2, 0.25) is 23.8 Å². The molecular formula is C80H100N20O24P4. The summed E-state index contributed by atoms with van der Waals surface area (Å²) in [5.41, 5.74) is 25.8. The number of aromatic amines is 4. The largest absolute Gasteiger partial charge is 0.369 e. The molecule has 13 rings (SSSR count). The number of nitrogens with zero attached hydrogens (tertiary/aromatic N) is 12. The lowest BCUT2D eigenvalue weighted by atomic mass is 9.86. The van der Waals surface area contributed by atoms with Gasteiger partial charge in [0.15, 0.2) is 67.8 Å². The Morgan fingerprint density at radius 3 is 0.953 bits per heavy atom. The number of nitrogen functional groups attached to an aromatic ring is 4. The van der Waals surface area contributed by atoms with Crippen molar-refractivity contribution in [3.05, 3.63) is 223 Å².